The molecule has 0 radical (unpaired) electrons. The summed E-state index contributed by atoms with van der Waals surface area (Å²) >= 11 is 1.40. The number of nitro benzene ring substituents is 1. The molecule has 1 saturated heterocycles. The molecule has 7 nitrogen and oxygen atoms in total. The van der Waals surface area contributed by atoms with E-state index in [4.69, 9.17) is 9.73 Å². The Hall–Kier alpha value is -2.35. The summed E-state index contributed by atoms with van der Waals surface area (Å²) in [7, 11) is 1.52. The smallest absolute Gasteiger partial charge is 0.270 e. The van der Waals surface area contributed by atoms with Gasteiger partial charge in [0, 0.05) is 23.7 Å². The van der Waals surface area contributed by atoms with Crippen LogP contribution in [-0.2, 0) is 4.79 Å². The third-order valence-corrected chi connectivity index (χ3v) is 7.35. The summed E-state index contributed by atoms with van der Waals surface area (Å²) in [5.74, 6) is 0.466. The van der Waals surface area contributed by atoms with Gasteiger partial charge in [-0.1, -0.05) is 38.5 Å². The maximum atomic E-state index is 13.5. The van der Waals surface area contributed by atoms with Crippen LogP contribution in [0.1, 0.15) is 69.8 Å². The number of nitrogens with zero attached hydrogens (tertiary/aromatic N) is 3. The highest BCUT2D eigenvalue weighted by atomic mass is 32.2. The first-order valence-corrected chi connectivity index (χ1v) is 12.0. The molecule has 0 unspecified atom stereocenters. The average molecular weight is 444 g/mol. The molecule has 166 valence electrons. The number of amides is 1. The molecule has 0 bridgehead atoms. The molecule has 0 atom stereocenters. The summed E-state index contributed by atoms with van der Waals surface area (Å²) in [5, 5.41) is 12.0. The summed E-state index contributed by atoms with van der Waals surface area (Å²) in [6.45, 7) is 0. The molecule has 0 N–H and O–H groups in total. The van der Waals surface area contributed by atoms with Crippen LogP contribution in [0, 0.1) is 10.1 Å². The number of hydrogen-bond donors (Lipinski definition) is 0. The Morgan fingerprint density at radius 1 is 1.13 bits per heavy atom. The number of benzene rings is 1. The minimum absolute atomic E-state index is 0.0247. The molecule has 2 saturated carbocycles. The summed E-state index contributed by atoms with van der Waals surface area (Å²) in [6.07, 6.45) is 13.0. The highest BCUT2D eigenvalue weighted by Gasteiger charge is 2.39. The Bertz CT molecular complexity index is 902. The fraction of sp³-hybridized carbons (Fsp3) is 0.565. The van der Waals surface area contributed by atoms with Gasteiger partial charge in [0.25, 0.3) is 11.6 Å². The molecule has 1 amide bonds. The Morgan fingerprint density at radius 2 is 1.81 bits per heavy atom. The Morgan fingerprint density at radius 3 is 2.45 bits per heavy atom. The number of rotatable bonds is 5. The molecule has 4 rings (SSSR count). The fourth-order valence-electron chi connectivity index (χ4n) is 4.69. The number of methoxy groups -OCH3 is 1. The van der Waals surface area contributed by atoms with Crippen LogP contribution in [0.5, 0.6) is 5.75 Å². The van der Waals surface area contributed by atoms with Crippen LogP contribution in [0.15, 0.2) is 28.1 Å². The molecule has 1 aromatic carbocycles. The zero-order valence-electron chi connectivity index (χ0n) is 17.9. The van der Waals surface area contributed by atoms with E-state index >= 15 is 0 Å². The Kier molecular flexibility index (Phi) is 6.95. The van der Waals surface area contributed by atoms with Crippen LogP contribution in [0.4, 0.5) is 5.69 Å². The van der Waals surface area contributed by atoms with Gasteiger partial charge in [-0.25, -0.2) is 0 Å². The predicted octanol–water partition coefficient (Wildman–Crippen LogP) is 5.54. The number of nitro groups is 1. The Balaban J connectivity index is 1.68. The van der Waals surface area contributed by atoms with Gasteiger partial charge < -0.3 is 4.74 Å². The summed E-state index contributed by atoms with van der Waals surface area (Å²) in [4.78, 5) is 31.7. The second-order valence-corrected chi connectivity index (χ2v) is 9.47. The molecule has 1 aliphatic heterocycles. The van der Waals surface area contributed by atoms with Gasteiger partial charge in [-0.3, -0.25) is 24.8 Å². The fourth-order valence-corrected chi connectivity index (χ4v) is 5.79. The highest BCUT2D eigenvalue weighted by Crippen LogP contribution is 2.39. The monoisotopic (exact) mass is 443 g/mol. The zero-order chi connectivity index (χ0) is 21.8. The van der Waals surface area contributed by atoms with Crippen molar-refractivity contribution in [3.63, 3.8) is 0 Å². The van der Waals surface area contributed by atoms with Crippen molar-refractivity contribution < 1.29 is 14.5 Å². The van der Waals surface area contributed by atoms with E-state index in [1.54, 1.807) is 12.1 Å². The third-order valence-electron chi connectivity index (χ3n) is 6.36. The summed E-state index contributed by atoms with van der Waals surface area (Å²) in [5.41, 5.74) is 0.512. The van der Waals surface area contributed by atoms with Crippen molar-refractivity contribution in [3.8, 4) is 5.75 Å². The SMILES string of the molecule is COc1ccc([N+](=O)[O-])cc1C=C1SC(=NC2CCCCC2)N(C2CCCCC2)C1=O. The molecule has 1 heterocycles. The van der Waals surface area contributed by atoms with Gasteiger partial charge in [0.05, 0.1) is 23.0 Å². The lowest BCUT2D eigenvalue weighted by atomic mass is 9.94. The molecule has 31 heavy (non-hydrogen) atoms. The van der Waals surface area contributed by atoms with Crippen LogP contribution in [0.2, 0.25) is 0 Å². The molecule has 0 aromatic heterocycles. The number of non-ortho nitro benzene ring substituents is 1. The molecular weight excluding hydrogens is 414 g/mol. The lowest BCUT2D eigenvalue weighted by molar-refractivity contribution is -0.384. The van der Waals surface area contributed by atoms with E-state index in [0.29, 0.717) is 16.2 Å². The van der Waals surface area contributed by atoms with Gasteiger partial charge in [0.2, 0.25) is 0 Å². The second kappa shape index (κ2) is 9.85. The zero-order valence-corrected chi connectivity index (χ0v) is 18.7. The highest BCUT2D eigenvalue weighted by molar-refractivity contribution is 8.18. The van der Waals surface area contributed by atoms with Crippen LogP contribution >= 0.6 is 11.8 Å². The topological polar surface area (TPSA) is 85.0 Å². The minimum Gasteiger partial charge on any atom is -0.496 e. The van der Waals surface area contributed by atoms with E-state index in [1.165, 1.54) is 56.7 Å². The lowest BCUT2D eigenvalue weighted by Crippen LogP contribution is -2.41. The van der Waals surface area contributed by atoms with E-state index in [-0.39, 0.29) is 23.7 Å². The van der Waals surface area contributed by atoms with Gasteiger partial charge in [0.1, 0.15) is 5.75 Å². The molecule has 3 fully saturated rings. The predicted molar refractivity (Wildman–Crippen MR) is 123 cm³/mol. The molecular formula is C23H29N3O4S. The van der Waals surface area contributed by atoms with Crippen molar-refractivity contribution in [1.29, 1.82) is 0 Å². The first-order valence-electron chi connectivity index (χ1n) is 11.2. The number of hydrogen-bond acceptors (Lipinski definition) is 6. The quantitative estimate of drug-likeness (QED) is 0.339. The van der Waals surface area contributed by atoms with Crippen LogP contribution < -0.4 is 4.74 Å². The van der Waals surface area contributed by atoms with Crippen LogP contribution in [0.3, 0.4) is 0 Å². The first kappa shape index (κ1) is 21.9. The van der Waals surface area contributed by atoms with Crippen molar-refractivity contribution >= 4 is 34.6 Å². The van der Waals surface area contributed by atoms with E-state index in [9.17, 15) is 14.9 Å². The van der Waals surface area contributed by atoms with Crippen molar-refractivity contribution in [2.24, 2.45) is 4.99 Å². The van der Waals surface area contributed by atoms with E-state index in [1.807, 2.05) is 4.90 Å². The minimum atomic E-state index is -0.435. The number of carbonyl (C=O) groups excluding carboxylic acids is 1. The summed E-state index contributed by atoms with van der Waals surface area (Å²) in [6, 6.07) is 4.91. The van der Waals surface area contributed by atoms with Gasteiger partial charge in [-0.15, -0.1) is 0 Å². The molecule has 8 heteroatoms. The number of carbonyl (C=O) groups is 1. The Labute approximate surface area is 187 Å². The van der Waals surface area contributed by atoms with Crippen LogP contribution in [0.25, 0.3) is 6.08 Å². The number of aliphatic imine (C=N–C) groups is 1. The number of thioether (sulfide) groups is 1. The lowest BCUT2D eigenvalue weighted by Gasteiger charge is -2.31. The van der Waals surface area contributed by atoms with E-state index in [0.717, 1.165) is 43.7 Å². The largest absolute Gasteiger partial charge is 0.496 e. The van der Waals surface area contributed by atoms with Gasteiger partial charge in [0.15, 0.2) is 5.17 Å². The van der Waals surface area contributed by atoms with Crippen molar-refractivity contribution in [2.75, 3.05) is 7.11 Å². The normalized spacial score (nSPS) is 23.6. The van der Waals surface area contributed by atoms with Crippen LogP contribution in [-0.4, -0.2) is 40.1 Å². The first-order chi connectivity index (χ1) is 15.1. The van der Waals surface area contributed by atoms with Crippen molar-refractivity contribution in [3.05, 3.63) is 38.8 Å². The van der Waals surface area contributed by atoms with E-state index < -0.39 is 4.92 Å². The van der Waals surface area contributed by atoms with Crippen molar-refractivity contribution in [1.82, 2.24) is 4.90 Å². The maximum absolute atomic E-state index is 13.5. The standard InChI is InChI=1S/C23H29N3O4S/c1-30-20-13-12-19(26(28)29)14-16(20)15-21-22(27)25(18-10-6-3-7-11-18)23(31-21)24-17-8-4-2-5-9-17/h12-15,17-18H,2-11H2,1H3. The number of ether oxygens (including phenoxy) is 1. The average Bonchev–Trinajstić information content (AvgIpc) is 3.09. The van der Waals surface area contributed by atoms with Gasteiger partial charge in [-0.05, 0) is 49.6 Å². The van der Waals surface area contributed by atoms with Crippen molar-refractivity contribution in [2.45, 2.75) is 76.3 Å². The third kappa shape index (κ3) is 4.95. The number of amidine groups is 1. The molecule has 1 aromatic rings. The second-order valence-electron chi connectivity index (χ2n) is 8.46. The van der Waals surface area contributed by atoms with Gasteiger partial charge >= 0.3 is 0 Å². The molecule has 0 spiro atoms. The van der Waals surface area contributed by atoms with E-state index in [2.05, 4.69) is 0 Å². The summed E-state index contributed by atoms with van der Waals surface area (Å²) < 4.78 is 5.39. The molecule has 3 aliphatic rings. The maximum Gasteiger partial charge on any atom is 0.270 e. The van der Waals surface area contributed by atoms with Gasteiger partial charge in [-0.2, -0.15) is 0 Å². The molecule has 2 aliphatic carbocycles.